The molecule has 0 aliphatic carbocycles. The molecule has 0 atom stereocenters. The van der Waals surface area contributed by atoms with Gasteiger partial charge >= 0.3 is 0 Å². The van der Waals surface area contributed by atoms with E-state index in [0.717, 1.165) is 0 Å². The first-order valence-electron chi connectivity index (χ1n) is 10.5. The molecule has 1 amide bonds. The van der Waals surface area contributed by atoms with E-state index in [1.165, 1.54) is 30.3 Å². The molecule has 0 saturated carbocycles. The number of hydrogen-bond donors (Lipinski definition) is 1. The van der Waals surface area contributed by atoms with E-state index in [0.29, 0.717) is 5.39 Å². The van der Waals surface area contributed by atoms with E-state index < -0.39 is 38.0 Å². The van der Waals surface area contributed by atoms with Crippen LogP contribution in [-0.2, 0) is 11.2 Å². The summed E-state index contributed by atoms with van der Waals surface area (Å²) in [6, 6.07) is 8.17. The van der Waals surface area contributed by atoms with Crippen molar-refractivity contribution in [3.63, 3.8) is 0 Å². The highest BCUT2D eigenvalue weighted by Gasteiger charge is 2.03. The summed E-state index contributed by atoms with van der Waals surface area (Å²) in [5, 5.41) is -0.0293. The molecule has 0 aromatic heterocycles. The van der Waals surface area contributed by atoms with Gasteiger partial charge in [-0.2, -0.15) is 0 Å². The SMILES string of the molecule is [2H]N(C(=O)C([2H])([2H])[2H])C([2H])([2H])C([2H])([2H])c1cccc2ccc(OC([2H])([2H])[2H])cc12. The van der Waals surface area contributed by atoms with Crippen LogP contribution in [0.25, 0.3) is 10.8 Å². The molecule has 0 spiro atoms. The lowest BCUT2D eigenvalue weighted by Gasteiger charge is -2.08. The standard InChI is InChI=1S/C15H17NO2/c1-11(17)16-9-8-13-5-3-4-12-6-7-14(18-2)10-15(12)13/h3-7,10H,8-9H2,1-2H3,(H,16,17)/i1D3,2D3,8D2,9D2/hD. The summed E-state index contributed by atoms with van der Waals surface area (Å²) in [7, 11) is -2.76. The van der Waals surface area contributed by atoms with E-state index in [9.17, 15) is 4.79 Å². The highest BCUT2D eigenvalue weighted by Crippen LogP contribution is 2.24. The molecule has 0 aliphatic rings. The van der Waals surface area contributed by atoms with Crippen LogP contribution in [0.2, 0.25) is 1.41 Å². The molecule has 3 heteroatoms. The number of hydrogen-bond acceptors (Lipinski definition) is 2. The second-order valence-electron chi connectivity index (χ2n) is 3.44. The molecule has 3 nitrogen and oxygen atoms in total. The van der Waals surface area contributed by atoms with Crippen molar-refractivity contribution in [1.29, 1.82) is 0 Å². The zero-order chi connectivity index (χ0) is 22.4. The van der Waals surface area contributed by atoms with E-state index in [4.69, 9.17) is 19.9 Å². The fraction of sp³-hybridized carbons (Fsp3) is 0.267. The van der Waals surface area contributed by atoms with E-state index in [1.54, 1.807) is 6.07 Å². The number of methoxy groups -OCH3 is 1. The Morgan fingerprint density at radius 3 is 3.28 bits per heavy atom. The van der Waals surface area contributed by atoms with Crippen molar-refractivity contribution in [2.24, 2.45) is 0 Å². The lowest BCUT2D eigenvalue weighted by Crippen LogP contribution is -2.22. The van der Waals surface area contributed by atoms with Gasteiger partial charge in [0.1, 0.15) is 5.75 Å². The van der Waals surface area contributed by atoms with E-state index in [1.807, 2.05) is 0 Å². The molecule has 0 heterocycles. The first-order valence-corrected chi connectivity index (χ1v) is 5.04. The largest absolute Gasteiger partial charge is 0.497 e. The third-order valence-electron chi connectivity index (χ3n) is 2.32. The fourth-order valence-corrected chi connectivity index (χ4v) is 1.56. The van der Waals surface area contributed by atoms with Gasteiger partial charge in [0, 0.05) is 22.9 Å². The number of amides is 1. The van der Waals surface area contributed by atoms with Crippen LogP contribution in [0.1, 0.15) is 26.1 Å². The molecule has 0 unspecified atom stereocenters. The van der Waals surface area contributed by atoms with Crippen LogP contribution in [0.4, 0.5) is 0 Å². The second kappa shape index (κ2) is 5.54. The zero-order valence-electron chi connectivity index (χ0n) is 20.2. The molecule has 18 heavy (non-hydrogen) atoms. The molecule has 0 aliphatic heterocycles. The molecular formula is C15H17NO2. The van der Waals surface area contributed by atoms with Gasteiger partial charge in [-0.15, -0.1) is 0 Å². The van der Waals surface area contributed by atoms with Crippen LogP contribution in [0.15, 0.2) is 36.4 Å². The molecule has 2 rings (SSSR count). The summed E-state index contributed by atoms with van der Waals surface area (Å²) in [6.07, 6.45) is -3.03. The third-order valence-corrected chi connectivity index (χ3v) is 2.32. The third kappa shape index (κ3) is 2.80. The van der Waals surface area contributed by atoms with Gasteiger partial charge in [0.05, 0.1) is 11.2 Å². The van der Waals surface area contributed by atoms with Crippen molar-refractivity contribution in [3.8, 4) is 5.75 Å². The Morgan fingerprint density at radius 2 is 2.44 bits per heavy atom. The summed E-state index contributed by atoms with van der Waals surface area (Å²) in [5.41, 5.74) is -0.313. The lowest BCUT2D eigenvalue weighted by molar-refractivity contribution is -0.118. The van der Waals surface area contributed by atoms with Gasteiger partial charge in [-0.05, 0) is 34.8 Å². The summed E-state index contributed by atoms with van der Waals surface area (Å²) in [4.78, 5) is 11.9. The van der Waals surface area contributed by atoms with Crippen LogP contribution < -0.4 is 10.0 Å². The minimum absolute atomic E-state index is 0.0813. The number of ether oxygens (including phenoxy) is 1. The maximum Gasteiger partial charge on any atom is 0.216 e. The van der Waals surface area contributed by atoms with Gasteiger partial charge in [0.25, 0.3) is 0 Å². The highest BCUT2D eigenvalue weighted by atomic mass is 16.5. The average molecular weight is 254 g/mol. The number of carbonyl (C=O) groups excluding carboxylic acids is 1. The topological polar surface area (TPSA) is 38.3 Å². The van der Waals surface area contributed by atoms with E-state index >= 15 is 0 Å². The Kier molecular flexibility index (Phi) is 1.41. The molecule has 1 N–H and O–H groups in total. The monoisotopic (exact) mass is 254 g/mol. The number of benzene rings is 2. The lowest BCUT2D eigenvalue weighted by atomic mass is 10.0. The maximum absolute atomic E-state index is 11.9. The molecular weight excluding hydrogens is 226 g/mol. The number of nitrogens with one attached hydrogen (secondary N) is 1. The van der Waals surface area contributed by atoms with Crippen LogP contribution in [0.5, 0.6) is 5.75 Å². The summed E-state index contributed by atoms with van der Waals surface area (Å²) < 4.78 is 87.7. The fourth-order valence-electron chi connectivity index (χ4n) is 1.56. The predicted octanol–water partition coefficient (Wildman–Crippen LogP) is 2.53. The van der Waals surface area contributed by atoms with Crippen molar-refractivity contribution < 1.29 is 24.7 Å². The van der Waals surface area contributed by atoms with E-state index in [-0.39, 0.29) is 16.7 Å². The molecule has 2 aromatic carbocycles. The first-order chi connectivity index (χ1) is 13.0. The smallest absolute Gasteiger partial charge is 0.216 e. The van der Waals surface area contributed by atoms with E-state index in [2.05, 4.69) is 0 Å². The first kappa shape index (κ1) is 4.57. The van der Waals surface area contributed by atoms with Crippen LogP contribution in [0.3, 0.4) is 0 Å². The highest BCUT2D eigenvalue weighted by molar-refractivity contribution is 5.87. The second-order valence-corrected chi connectivity index (χ2v) is 3.44. The minimum atomic E-state index is -3.37. The average Bonchev–Trinajstić information content (AvgIpc) is 2.57. The maximum atomic E-state index is 11.9. The van der Waals surface area contributed by atoms with Crippen LogP contribution in [0, 0.1) is 0 Å². The summed E-state index contributed by atoms with van der Waals surface area (Å²) >= 11 is 0. The summed E-state index contributed by atoms with van der Waals surface area (Å²) in [5.74, 6) is -2.00. The molecule has 2 aromatic rings. The zero-order valence-corrected chi connectivity index (χ0v) is 9.23. The Labute approximate surface area is 122 Å². The number of aryl methyl sites for hydroxylation is 1. The minimum Gasteiger partial charge on any atom is -0.497 e. The van der Waals surface area contributed by atoms with Crippen LogP contribution in [-0.4, -0.2) is 19.4 Å². The number of rotatable bonds is 4. The predicted molar refractivity (Wildman–Crippen MR) is 72.9 cm³/mol. The summed E-state index contributed by atoms with van der Waals surface area (Å²) in [6.45, 7) is -6.70. The Morgan fingerprint density at radius 1 is 1.50 bits per heavy atom. The van der Waals surface area contributed by atoms with Gasteiger partial charge < -0.3 is 10.0 Å². The Bertz CT molecular complexity index is 921. The van der Waals surface area contributed by atoms with Gasteiger partial charge in [-0.1, -0.05) is 24.3 Å². The van der Waals surface area contributed by atoms with Crippen molar-refractivity contribution in [3.05, 3.63) is 42.0 Å². The van der Waals surface area contributed by atoms with Crippen molar-refractivity contribution in [2.75, 3.05) is 13.5 Å². The molecule has 0 fully saturated rings. The molecule has 94 valence electrons. The van der Waals surface area contributed by atoms with Gasteiger partial charge in [0.15, 0.2) is 1.41 Å². The van der Waals surface area contributed by atoms with Crippen molar-refractivity contribution in [1.82, 2.24) is 5.31 Å². The Balaban J connectivity index is 2.61. The quantitative estimate of drug-likeness (QED) is 0.910. The van der Waals surface area contributed by atoms with Gasteiger partial charge in [-0.3, -0.25) is 4.79 Å². The van der Waals surface area contributed by atoms with Crippen molar-refractivity contribution in [2.45, 2.75) is 13.2 Å². The normalized spacial score (nSPS) is 22.3. The van der Waals surface area contributed by atoms with Crippen LogP contribution >= 0.6 is 0 Å². The molecule has 0 radical (unpaired) electrons. The number of fused-ring (bicyclic) bond motifs is 1. The Hall–Kier alpha value is -2.03. The van der Waals surface area contributed by atoms with Gasteiger partial charge in [-0.25, -0.2) is 0 Å². The molecule has 0 bridgehead atoms. The molecule has 0 saturated heterocycles. The number of carbonyl (C=O) groups is 1. The van der Waals surface area contributed by atoms with Crippen molar-refractivity contribution >= 4 is 16.7 Å². The van der Waals surface area contributed by atoms with Gasteiger partial charge in [0.2, 0.25) is 5.91 Å².